The minimum atomic E-state index is -0.650. The quantitative estimate of drug-likeness (QED) is 0.410. The van der Waals surface area contributed by atoms with Crippen LogP contribution in [0.15, 0.2) is 53.7 Å². The molecule has 0 spiro atoms. The van der Waals surface area contributed by atoms with E-state index in [0.717, 1.165) is 17.0 Å². The zero-order valence-electron chi connectivity index (χ0n) is 14.3. The molecule has 0 aliphatic carbocycles. The summed E-state index contributed by atoms with van der Waals surface area (Å²) < 4.78 is 6.09. The van der Waals surface area contributed by atoms with Crippen LogP contribution in [-0.4, -0.2) is 25.9 Å². The van der Waals surface area contributed by atoms with Gasteiger partial charge in [0.25, 0.3) is 5.69 Å². The Bertz CT molecular complexity index is 1010. The predicted molar refractivity (Wildman–Crippen MR) is 102 cm³/mol. The normalized spacial score (nSPS) is 14.9. The highest BCUT2D eigenvalue weighted by molar-refractivity contribution is 7.99. The lowest BCUT2D eigenvalue weighted by Gasteiger charge is -2.19. The summed E-state index contributed by atoms with van der Waals surface area (Å²) in [6.45, 7) is 2.00. The highest BCUT2D eigenvalue weighted by atomic mass is 32.2. The fourth-order valence-electron chi connectivity index (χ4n) is 2.79. The van der Waals surface area contributed by atoms with E-state index in [9.17, 15) is 10.1 Å². The second-order valence-electron chi connectivity index (χ2n) is 5.72. The molecule has 8 nitrogen and oxygen atoms in total. The molecular weight excluding hydrogens is 366 g/mol. The second-order valence-corrected chi connectivity index (χ2v) is 6.95. The molecule has 2 heterocycles. The molecular formula is C18H15N5O3S. The molecule has 9 heteroatoms. The monoisotopic (exact) mass is 381 g/mol. The van der Waals surface area contributed by atoms with Crippen molar-refractivity contribution >= 4 is 23.1 Å². The van der Waals surface area contributed by atoms with Crippen LogP contribution in [0, 0.1) is 10.1 Å². The van der Waals surface area contributed by atoms with Crippen LogP contribution in [0.1, 0.15) is 18.7 Å². The lowest BCUT2D eigenvalue weighted by Crippen LogP contribution is -2.17. The van der Waals surface area contributed by atoms with E-state index in [0.29, 0.717) is 22.3 Å². The molecule has 3 aromatic rings. The van der Waals surface area contributed by atoms with Gasteiger partial charge in [-0.15, -0.1) is 10.2 Å². The molecule has 4 rings (SSSR count). The summed E-state index contributed by atoms with van der Waals surface area (Å²) in [5.41, 5.74) is 2.76. The van der Waals surface area contributed by atoms with Crippen LogP contribution in [0.4, 0.5) is 11.4 Å². The molecule has 1 aliphatic rings. The number of para-hydroxylation sites is 1. The summed E-state index contributed by atoms with van der Waals surface area (Å²) in [6, 6.07) is 13.9. The van der Waals surface area contributed by atoms with Crippen molar-refractivity contribution in [1.82, 2.24) is 15.2 Å². The van der Waals surface area contributed by atoms with E-state index in [1.165, 1.54) is 23.9 Å². The van der Waals surface area contributed by atoms with E-state index in [1.807, 2.05) is 31.2 Å². The Balaban J connectivity index is 1.82. The van der Waals surface area contributed by atoms with Gasteiger partial charge in [0.1, 0.15) is 0 Å². The number of anilines is 1. The smallest absolute Gasteiger partial charge is 0.269 e. The van der Waals surface area contributed by atoms with Gasteiger partial charge in [-0.2, -0.15) is 4.98 Å². The molecule has 0 radical (unpaired) electrons. The summed E-state index contributed by atoms with van der Waals surface area (Å²) in [4.78, 5) is 15.2. The van der Waals surface area contributed by atoms with E-state index in [2.05, 4.69) is 20.5 Å². The molecule has 0 fully saturated rings. The molecule has 1 atom stereocenters. The average Bonchev–Trinajstić information content (AvgIpc) is 2.85. The van der Waals surface area contributed by atoms with E-state index in [-0.39, 0.29) is 5.69 Å². The Kier molecular flexibility index (Phi) is 4.59. The van der Waals surface area contributed by atoms with Crippen molar-refractivity contribution in [2.24, 2.45) is 0 Å². The summed E-state index contributed by atoms with van der Waals surface area (Å²) in [6.07, 6.45) is -0.650. The molecule has 1 N–H and O–H groups in total. The zero-order chi connectivity index (χ0) is 18.8. The minimum Gasteiger partial charge on any atom is -0.448 e. The number of nitro groups is 1. The number of rotatable bonds is 4. The highest BCUT2D eigenvalue weighted by Gasteiger charge is 2.26. The molecule has 2 aromatic carbocycles. The third kappa shape index (κ3) is 3.41. The van der Waals surface area contributed by atoms with Crippen molar-refractivity contribution in [3.63, 3.8) is 0 Å². The van der Waals surface area contributed by atoms with E-state index < -0.39 is 11.2 Å². The van der Waals surface area contributed by atoms with Crippen molar-refractivity contribution in [2.75, 3.05) is 11.1 Å². The van der Waals surface area contributed by atoms with Crippen molar-refractivity contribution in [3.8, 4) is 17.1 Å². The van der Waals surface area contributed by atoms with Crippen LogP contribution in [-0.2, 0) is 0 Å². The number of nitro benzene ring substituents is 1. The Morgan fingerprint density at radius 2 is 2.07 bits per heavy atom. The molecule has 0 saturated carbocycles. The van der Waals surface area contributed by atoms with Crippen molar-refractivity contribution < 1.29 is 9.66 Å². The minimum absolute atomic E-state index is 0.00121. The number of hydrogen-bond donors (Lipinski definition) is 1. The number of hydrogen-bond acceptors (Lipinski definition) is 8. The zero-order valence-corrected chi connectivity index (χ0v) is 15.1. The number of aromatic nitrogens is 3. The number of nitrogens with zero attached hydrogens (tertiary/aromatic N) is 4. The van der Waals surface area contributed by atoms with Gasteiger partial charge >= 0.3 is 0 Å². The standard InChI is InChI=1S/C18H15N5O3S/c1-2-27-18-20-17-15(21-22-18)13-8-3-4-9-14(13)19-16(26-17)11-6-5-7-12(10-11)23(24)25/h3-10,16,19H,2H2,1H3. The van der Waals surface area contributed by atoms with Gasteiger partial charge in [-0.05, 0) is 11.8 Å². The molecule has 0 bridgehead atoms. The van der Waals surface area contributed by atoms with E-state index in [1.54, 1.807) is 12.1 Å². The molecule has 1 aliphatic heterocycles. The van der Waals surface area contributed by atoms with Gasteiger partial charge in [-0.3, -0.25) is 10.1 Å². The number of nitrogens with one attached hydrogen (secondary N) is 1. The lowest BCUT2D eigenvalue weighted by atomic mass is 10.1. The van der Waals surface area contributed by atoms with Crippen LogP contribution in [0.5, 0.6) is 5.88 Å². The maximum atomic E-state index is 11.1. The molecule has 136 valence electrons. The highest BCUT2D eigenvalue weighted by Crippen LogP contribution is 2.39. The largest absolute Gasteiger partial charge is 0.448 e. The summed E-state index contributed by atoms with van der Waals surface area (Å²) in [5.74, 6) is 1.15. The third-order valence-electron chi connectivity index (χ3n) is 3.99. The first-order valence-corrected chi connectivity index (χ1v) is 9.28. The molecule has 0 saturated heterocycles. The van der Waals surface area contributed by atoms with Gasteiger partial charge < -0.3 is 10.1 Å². The van der Waals surface area contributed by atoms with Gasteiger partial charge in [-0.1, -0.05) is 49.0 Å². The Labute approximate surface area is 159 Å². The van der Waals surface area contributed by atoms with Crippen LogP contribution in [0.2, 0.25) is 0 Å². The number of non-ortho nitro benzene ring substituents is 1. The van der Waals surface area contributed by atoms with Crippen molar-refractivity contribution in [1.29, 1.82) is 0 Å². The van der Waals surface area contributed by atoms with Gasteiger partial charge in [-0.25, -0.2) is 0 Å². The molecule has 1 unspecified atom stereocenters. The third-order valence-corrected chi connectivity index (χ3v) is 4.71. The van der Waals surface area contributed by atoms with Gasteiger partial charge in [0.05, 0.1) is 4.92 Å². The fraction of sp³-hybridized carbons (Fsp3) is 0.167. The number of fused-ring (bicyclic) bond motifs is 3. The maximum absolute atomic E-state index is 11.1. The SMILES string of the molecule is CCSc1nnc2c(n1)OC(c1cccc([N+](=O)[O-])c1)Nc1ccccc1-2. The number of thioether (sulfide) groups is 1. The first-order valence-electron chi connectivity index (χ1n) is 8.30. The van der Waals surface area contributed by atoms with E-state index in [4.69, 9.17) is 4.74 Å². The lowest BCUT2D eigenvalue weighted by molar-refractivity contribution is -0.385. The average molecular weight is 381 g/mol. The van der Waals surface area contributed by atoms with Crippen molar-refractivity contribution in [2.45, 2.75) is 18.3 Å². The summed E-state index contributed by atoms with van der Waals surface area (Å²) in [5, 5.41) is 23.4. The molecule has 0 amide bonds. The van der Waals surface area contributed by atoms with Crippen molar-refractivity contribution in [3.05, 3.63) is 64.2 Å². The fourth-order valence-corrected chi connectivity index (χ4v) is 3.29. The second kappa shape index (κ2) is 7.20. The Morgan fingerprint density at radius 3 is 2.89 bits per heavy atom. The van der Waals surface area contributed by atoms with Crippen LogP contribution < -0.4 is 10.1 Å². The van der Waals surface area contributed by atoms with Gasteiger partial charge in [0.15, 0.2) is 11.9 Å². The van der Waals surface area contributed by atoms with Gasteiger partial charge in [0.2, 0.25) is 11.0 Å². The summed E-state index contributed by atoms with van der Waals surface area (Å²) in [7, 11) is 0. The van der Waals surface area contributed by atoms with Gasteiger partial charge in [0, 0.05) is 28.9 Å². The van der Waals surface area contributed by atoms with Crippen LogP contribution >= 0.6 is 11.8 Å². The summed E-state index contributed by atoms with van der Waals surface area (Å²) >= 11 is 1.47. The molecule has 1 aromatic heterocycles. The Morgan fingerprint density at radius 1 is 1.22 bits per heavy atom. The topological polar surface area (TPSA) is 103 Å². The first kappa shape index (κ1) is 17.2. The van der Waals surface area contributed by atoms with Crippen LogP contribution in [0.25, 0.3) is 11.3 Å². The van der Waals surface area contributed by atoms with E-state index >= 15 is 0 Å². The Hall–Kier alpha value is -3.20. The predicted octanol–water partition coefficient (Wildman–Crippen LogP) is 4.06. The first-order chi connectivity index (χ1) is 13.2. The molecule has 27 heavy (non-hydrogen) atoms. The maximum Gasteiger partial charge on any atom is 0.269 e. The van der Waals surface area contributed by atoms with Crippen LogP contribution in [0.3, 0.4) is 0 Å². The number of benzene rings is 2. The number of ether oxygens (including phenoxy) is 1.